The number of fused-ring (bicyclic) bond motifs is 1. The summed E-state index contributed by atoms with van der Waals surface area (Å²) in [5.41, 5.74) is 2.12. The van der Waals surface area contributed by atoms with Crippen molar-refractivity contribution in [2.45, 2.75) is 57.2 Å². The molecule has 3 N–H and O–H groups in total. The molecule has 2 aromatic heterocycles. The van der Waals surface area contributed by atoms with E-state index in [4.69, 9.17) is 4.98 Å². The predicted octanol–water partition coefficient (Wildman–Crippen LogP) is 2.94. The number of sulfonamides is 1. The quantitative estimate of drug-likeness (QED) is 0.469. The molecular weight excluding hydrogens is 473 g/mol. The van der Waals surface area contributed by atoms with Gasteiger partial charge in [-0.15, -0.1) is 0 Å². The normalized spacial score (nSPS) is 23.6. The molecule has 0 bridgehead atoms. The third-order valence-corrected chi connectivity index (χ3v) is 8.15. The lowest BCUT2D eigenvalue weighted by Crippen LogP contribution is -2.29. The average Bonchev–Trinajstić information content (AvgIpc) is 3.42. The van der Waals surface area contributed by atoms with Crippen molar-refractivity contribution >= 4 is 38.8 Å². The van der Waals surface area contributed by atoms with E-state index in [1.54, 1.807) is 12.3 Å². The van der Waals surface area contributed by atoms with Gasteiger partial charge in [0.2, 0.25) is 21.9 Å². The lowest BCUT2D eigenvalue weighted by Gasteiger charge is -2.26. The maximum atomic E-state index is 14.6. The Labute approximate surface area is 203 Å². The van der Waals surface area contributed by atoms with Crippen LogP contribution in [0.1, 0.15) is 43.7 Å². The fraction of sp³-hybridized carbons (Fsp3) is 0.522. The first-order valence-corrected chi connectivity index (χ1v) is 13.7. The number of para-hydroxylation sites is 1. The van der Waals surface area contributed by atoms with Gasteiger partial charge < -0.3 is 15.7 Å². The number of aryl methyl sites for hydroxylation is 1. The molecule has 1 saturated carbocycles. The van der Waals surface area contributed by atoms with Crippen LogP contribution in [-0.4, -0.2) is 68.8 Å². The molecule has 12 heteroatoms. The molecule has 3 heterocycles. The van der Waals surface area contributed by atoms with Gasteiger partial charge in [0, 0.05) is 19.1 Å². The second-order valence-corrected chi connectivity index (χ2v) is 11.5. The number of halogens is 1. The van der Waals surface area contributed by atoms with E-state index in [0.29, 0.717) is 41.7 Å². The van der Waals surface area contributed by atoms with Crippen LogP contribution in [0, 0.1) is 12.7 Å². The Balaban J connectivity index is 1.53. The lowest BCUT2D eigenvalue weighted by molar-refractivity contribution is 0.126. The van der Waals surface area contributed by atoms with Crippen LogP contribution >= 0.6 is 0 Å². The molecule has 2 aliphatic rings. The minimum Gasteiger partial charge on any atom is -0.393 e. The van der Waals surface area contributed by atoms with Gasteiger partial charge in [0.05, 0.1) is 30.3 Å². The van der Waals surface area contributed by atoms with Crippen molar-refractivity contribution in [3.05, 3.63) is 35.8 Å². The first kappa shape index (κ1) is 23.9. The number of nitrogens with one attached hydrogen (secondary N) is 2. The van der Waals surface area contributed by atoms with Crippen molar-refractivity contribution in [2.24, 2.45) is 0 Å². The predicted molar refractivity (Wildman–Crippen MR) is 132 cm³/mol. The molecule has 35 heavy (non-hydrogen) atoms. The number of aliphatic hydroxyl groups excluding tert-OH is 1. The molecule has 188 valence electrons. The van der Waals surface area contributed by atoms with Crippen molar-refractivity contribution in [1.29, 1.82) is 0 Å². The summed E-state index contributed by atoms with van der Waals surface area (Å²) in [5.74, 6) is 0.438. The second kappa shape index (κ2) is 9.32. The zero-order valence-corrected chi connectivity index (χ0v) is 20.6. The highest BCUT2D eigenvalue weighted by atomic mass is 32.2. The number of hydrogen-bond donors (Lipinski definition) is 3. The fourth-order valence-electron chi connectivity index (χ4n) is 4.92. The zero-order chi connectivity index (χ0) is 24.7. The van der Waals surface area contributed by atoms with Crippen molar-refractivity contribution in [2.75, 3.05) is 30.0 Å². The van der Waals surface area contributed by atoms with Crippen molar-refractivity contribution < 1.29 is 17.9 Å². The van der Waals surface area contributed by atoms with Gasteiger partial charge in [-0.05, 0) is 50.7 Å². The number of aromatic nitrogens is 4. The number of rotatable bonds is 6. The van der Waals surface area contributed by atoms with Gasteiger partial charge in [0.1, 0.15) is 11.3 Å². The maximum Gasteiger partial charge on any atom is 0.224 e. The molecule has 0 spiro atoms. The Hall–Kier alpha value is -2.83. The molecule has 0 radical (unpaired) electrons. The summed E-state index contributed by atoms with van der Waals surface area (Å²) in [6, 6.07) is 4.78. The van der Waals surface area contributed by atoms with Gasteiger partial charge >= 0.3 is 0 Å². The number of nitrogens with zero attached hydrogens (tertiary/aromatic N) is 5. The molecule has 1 aliphatic heterocycles. The van der Waals surface area contributed by atoms with Crippen LogP contribution in [0.25, 0.3) is 11.2 Å². The number of imidazole rings is 1. The van der Waals surface area contributed by atoms with Crippen molar-refractivity contribution in [1.82, 2.24) is 23.8 Å². The van der Waals surface area contributed by atoms with Gasteiger partial charge in [0.25, 0.3) is 0 Å². The highest BCUT2D eigenvalue weighted by Gasteiger charge is 2.33. The number of hydrogen-bond acceptors (Lipinski definition) is 8. The minimum atomic E-state index is -3.34. The van der Waals surface area contributed by atoms with E-state index in [1.165, 1.54) is 16.6 Å². The Morgan fingerprint density at radius 1 is 1.14 bits per heavy atom. The fourth-order valence-corrected chi connectivity index (χ4v) is 5.80. The summed E-state index contributed by atoms with van der Waals surface area (Å²) >= 11 is 0. The first-order chi connectivity index (χ1) is 16.7. The van der Waals surface area contributed by atoms with E-state index in [2.05, 4.69) is 20.6 Å². The molecule has 1 saturated heterocycles. The highest BCUT2D eigenvalue weighted by molar-refractivity contribution is 7.88. The smallest absolute Gasteiger partial charge is 0.224 e. The Bertz CT molecular complexity index is 1320. The largest absolute Gasteiger partial charge is 0.393 e. The van der Waals surface area contributed by atoms with Gasteiger partial charge in [-0.3, -0.25) is 4.57 Å². The van der Waals surface area contributed by atoms with Crippen LogP contribution in [0.3, 0.4) is 0 Å². The van der Waals surface area contributed by atoms with E-state index in [1.807, 2.05) is 17.6 Å². The first-order valence-electron chi connectivity index (χ1n) is 11.9. The SMILES string of the molecule is Cc1cccc(F)c1Nc1nc2cnc(NC3CCC(O)CC3)nc2n1[C@@H]1CCN(S(C)(=O)=O)C1. The third-order valence-electron chi connectivity index (χ3n) is 6.88. The molecule has 1 aliphatic carbocycles. The minimum absolute atomic E-state index is 0.165. The van der Waals surface area contributed by atoms with Crippen LogP contribution < -0.4 is 10.6 Å². The Kier molecular flexibility index (Phi) is 6.36. The molecule has 0 amide bonds. The van der Waals surface area contributed by atoms with Gasteiger partial charge in [-0.1, -0.05) is 12.1 Å². The van der Waals surface area contributed by atoms with E-state index in [-0.39, 0.29) is 24.7 Å². The van der Waals surface area contributed by atoms with Crippen molar-refractivity contribution in [3.8, 4) is 0 Å². The monoisotopic (exact) mass is 503 g/mol. The molecule has 2 fully saturated rings. The number of aliphatic hydroxyl groups is 1. The van der Waals surface area contributed by atoms with E-state index in [0.717, 1.165) is 31.2 Å². The van der Waals surface area contributed by atoms with Crippen LogP contribution in [0.5, 0.6) is 0 Å². The standard InChI is InChI=1S/C23H30FN7O3S/c1-14-4-3-5-18(24)20(14)28-23-27-19-12-25-22(26-15-6-8-17(32)9-7-15)29-21(19)31(23)16-10-11-30(13-16)35(2,33)34/h3-5,12,15-17,32H,6-11,13H2,1-2H3,(H,27,28)(H,25,26,29)/t15?,16-,17?/m1/s1. The summed E-state index contributed by atoms with van der Waals surface area (Å²) in [4.78, 5) is 13.8. The summed E-state index contributed by atoms with van der Waals surface area (Å²) < 4.78 is 42.2. The summed E-state index contributed by atoms with van der Waals surface area (Å²) in [5, 5.41) is 16.3. The summed E-state index contributed by atoms with van der Waals surface area (Å²) in [6.07, 6.45) is 6.27. The van der Waals surface area contributed by atoms with E-state index in [9.17, 15) is 17.9 Å². The molecule has 5 rings (SSSR count). The Morgan fingerprint density at radius 2 is 1.91 bits per heavy atom. The summed E-state index contributed by atoms with van der Waals surface area (Å²) in [7, 11) is -3.34. The van der Waals surface area contributed by atoms with Crippen LogP contribution in [0.2, 0.25) is 0 Å². The van der Waals surface area contributed by atoms with Gasteiger partial charge in [-0.25, -0.2) is 27.1 Å². The second-order valence-electron chi connectivity index (χ2n) is 9.48. The third kappa shape index (κ3) is 4.95. The van der Waals surface area contributed by atoms with Crippen LogP contribution in [0.4, 0.5) is 22.0 Å². The lowest BCUT2D eigenvalue weighted by atomic mass is 9.93. The topological polar surface area (TPSA) is 125 Å². The van der Waals surface area contributed by atoms with E-state index < -0.39 is 15.8 Å². The number of benzene rings is 1. The van der Waals surface area contributed by atoms with Crippen LogP contribution in [0.15, 0.2) is 24.4 Å². The van der Waals surface area contributed by atoms with Crippen LogP contribution in [-0.2, 0) is 10.0 Å². The molecular formula is C23H30FN7O3S. The number of anilines is 3. The molecule has 1 atom stereocenters. The summed E-state index contributed by atoms with van der Waals surface area (Å²) in [6.45, 7) is 2.48. The zero-order valence-electron chi connectivity index (χ0n) is 19.8. The molecule has 1 aromatic carbocycles. The molecule has 3 aromatic rings. The van der Waals surface area contributed by atoms with Gasteiger partial charge in [-0.2, -0.15) is 4.98 Å². The average molecular weight is 504 g/mol. The Morgan fingerprint density at radius 3 is 2.60 bits per heavy atom. The molecule has 10 nitrogen and oxygen atoms in total. The van der Waals surface area contributed by atoms with Crippen molar-refractivity contribution in [3.63, 3.8) is 0 Å². The van der Waals surface area contributed by atoms with E-state index >= 15 is 0 Å². The highest BCUT2D eigenvalue weighted by Crippen LogP contribution is 2.33. The maximum absolute atomic E-state index is 14.6. The molecule has 0 unspecified atom stereocenters. The van der Waals surface area contributed by atoms with Gasteiger partial charge in [0.15, 0.2) is 5.65 Å².